The van der Waals surface area contributed by atoms with E-state index in [4.69, 9.17) is 11.6 Å². The number of nitrogens with zero attached hydrogens (tertiary/aromatic N) is 1. The summed E-state index contributed by atoms with van der Waals surface area (Å²) in [6.07, 6.45) is 1.17. The number of phenolic OH excluding ortho intramolecular Hbond substituents is 1. The first-order valence-electron chi connectivity index (χ1n) is 9.85. The summed E-state index contributed by atoms with van der Waals surface area (Å²) in [5.74, 6) is -1.06. The fraction of sp³-hybridized carbons (Fsp3) is 0.364. The third kappa shape index (κ3) is 5.29. The van der Waals surface area contributed by atoms with Gasteiger partial charge in [-0.3, -0.25) is 14.5 Å². The Morgan fingerprint density at radius 1 is 1.13 bits per heavy atom. The first-order valence-corrected chi connectivity index (χ1v) is 10.2. The van der Waals surface area contributed by atoms with Crippen LogP contribution in [0, 0.1) is 18.7 Å². The Hall–Kier alpha value is -2.64. The quantitative estimate of drug-likeness (QED) is 0.618. The molecule has 1 saturated heterocycles. The van der Waals surface area contributed by atoms with Gasteiger partial charge in [-0.25, -0.2) is 4.39 Å². The van der Waals surface area contributed by atoms with Crippen molar-refractivity contribution in [2.24, 2.45) is 5.92 Å². The molecule has 3 rings (SSSR count). The summed E-state index contributed by atoms with van der Waals surface area (Å²) in [5, 5.41) is 15.8. The van der Waals surface area contributed by atoms with Crippen LogP contribution in [-0.4, -0.2) is 41.0 Å². The molecule has 2 aromatic rings. The maximum absolute atomic E-state index is 13.5. The number of halogens is 2. The SMILES string of the molecule is Cc1ccc(F)cc1NC(=O)C(C)N1CCC(C(=O)Nc2cc(Cl)ccc2O)CC1. The molecule has 0 bridgehead atoms. The highest BCUT2D eigenvalue weighted by Gasteiger charge is 2.30. The number of carbonyl (C=O) groups is 2. The topological polar surface area (TPSA) is 81.7 Å². The molecule has 2 amide bonds. The van der Waals surface area contributed by atoms with E-state index in [0.717, 1.165) is 5.56 Å². The third-order valence-corrected chi connectivity index (χ3v) is 5.74. The molecule has 0 aromatic heterocycles. The van der Waals surface area contributed by atoms with Crippen molar-refractivity contribution in [1.29, 1.82) is 0 Å². The van der Waals surface area contributed by atoms with Crippen molar-refractivity contribution in [3.63, 3.8) is 0 Å². The number of rotatable bonds is 5. The first-order chi connectivity index (χ1) is 14.2. The number of benzene rings is 2. The van der Waals surface area contributed by atoms with E-state index in [0.29, 0.717) is 36.6 Å². The van der Waals surface area contributed by atoms with Gasteiger partial charge in [-0.1, -0.05) is 17.7 Å². The third-order valence-electron chi connectivity index (χ3n) is 5.50. The number of hydrogen-bond acceptors (Lipinski definition) is 4. The van der Waals surface area contributed by atoms with Crippen LogP contribution in [0.3, 0.4) is 0 Å². The molecule has 1 heterocycles. The summed E-state index contributed by atoms with van der Waals surface area (Å²) in [7, 11) is 0. The molecule has 1 aliphatic heterocycles. The van der Waals surface area contributed by atoms with Crippen molar-refractivity contribution in [2.75, 3.05) is 23.7 Å². The molecular weight excluding hydrogens is 409 g/mol. The Morgan fingerprint density at radius 3 is 2.53 bits per heavy atom. The molecule has 0 saturated carbocycles. The molecule has 0 spiro atoms. The Balaban J connectivity index is 1.54. The number of piperidine rings is 1. The minimum absolute atomic E-state index is 0.0388. The molecule has 160 valence electrons. The molecule has 0 radical (unpaired) electrons. The minimum Gasteiger partial charge on any atom is -0.506 e. The molecule has 2 aromatic carbocycles. The highest BCUT2D eigenvalue weighted by atomic mass is 35.5. The van der Waals surface area contributed by atoms with Crippen molar-refractivity contribution in [1.82, 2.24) is 4.90 Å². The van der Waals surface area contributed by atoms with Gasteiger partial charge in [0, 0.05) is 16.6 Å². The monoisotopic (exact) mass is 433 g/mol. The van der Waals surface area contributed by atoms with E-state index >= 15 is 0 Å². The number of carbonyl (C=O) groups excluding carboxylic acids is 2. The summed E-state index contributed by atoms with van der Waals surface area (Å²) in [5.41, 5.74) is 1.53. The van der Waals surface area contributed by atoms with Gasteiger partial charge in [-0.15, -0.1) is 0 Å². The molecule has 30 heavy (non-hydrogen) atoms. The first kappa shape index (κ1) is 22.1. The number of aromatic hydroxyl groups is 1. The zero-order valence-electron chi connectivity index (χ0n) is 16.9. The number of hydrogen-bond donors (Lipinski definition) is 3. The van der Waals surface area contributed by atoms with E-state index in [1.807, 2.05) is 11.8 Å². The van der Waals surface area contributed by atoms with E-state index < -0.39 is 11.9 Å². The standard InChI is InChI=1S/C22H25ClFN3O3/c1-13-3-5-17(24)12-18(13)25-21(29)14(2)27-9-7-15(8-10-27)22(30)26-19-11-16(23)4-6-20(19)28/h3-6,11-12,14-15,28H,7-10H2,1-2H3,(H,25,29)(H,26,30). The molecule has 1 atom stereocenters. The number of phenols is 1. The van der Waals surface area contributed by atoms with Crippen LogP contribution >= 0.6 is 11.6 Å². The Labute approximate surface area is 180 Å². The highest BCUT2D eigenvalue weighted by molar-refractivity contribution is 6.31. The van der Waals surface area contributed by atoms with E-state index in [1.165, 1.54) is 24.3 Å². The Kier molecular flexibility index (Phi) is 6.95. The maximum Gasteiger partial charge on any atom is 0.241 e. The van der Waals surface area contributed by atoms with Crippen LogP contribution < -0.4 is 10.6 Å². The lowest BCUT2D eigenvalue weighted by atomic mass is 9.94. The van der Waals surface area contributed by atoms with E-state index in [2.05, 4.69) is 10.6 Å². The van der Waals surface area contributed by atoms with E-state index in [1.54, 1.807) is 19.1 Å². The number of nitrogens with one attached hydrogen (secondary N) is 2. The van der Waals surface area contributed by atoms with Gasteiger partial charge >= 0.3 is 0 Å². The lowest BCUT2D eigenvalue weighted by molar-refractivity contribution is -0.123. The van der Waals surface area contributed by atoms with Crippen molar-refractivity contribution in [2.45, 2.75) is 32.7 Å². The molecule has 0 aliphatic carbocycles. The number of aryl methyl sites for hydroxylation is 1. The zero-order valence-corrected chi connectivity index (χ0v) is 17.7. The highest BCUT2D eigenvalue weighted by Crippen LogP contribution is 2.28. The van der Waals surface area contributed by atoms with Crippen LogP contribution in [0.5, 0.6) is 5.75 Å². The summed E-state index contributed by atoms with van der Waals surface area (Å²) < 4.78 is 13.5. The van der Waals surface area contributed by atoms with Crippen molar-refractivity contribution < 1.29 is 19.1 Å². The molecule has 1 aliphatic rings. The average molecular weight is 434 g/mol. The largest absolute Gasteiger partial charge is 0.506 e. The molecule has 6 nitrogen and oxygen atoms in total. The van der Waals surface area contributed by atoms with Gasteiger partial charge in [0.2, 0.25) is 11.8 Å². The van der Waals surface area contributed by atoms with Gasteiger partial charge < -0.3 is 15.7 Å². The van der Waals surface area contributed by atoms with Crippen LogP contribution in [0.1, 0.15) is 25.3 Å². The summed E-state index contributed by atoms with van der Waals surface area (Å²) in [6, 6.07) is 8.36. The van der Waals surface area contributed by atoms with Gasteiger partial charge in [0.05, 0.1) is 11.7 Å². The fourth-order valence-electron chi connectivity index (χ4n) is 3.52. The Morgan fingerprint density at radius 2 is 1.83 bits per heavy atom. The van der Waals surface area contributed by atoms with Crippen molar-refractivity contribution >= 4 is 34.8 Å². The van der Waals surface area contributed by atoms with Crippen LogP contribution in [0.4, 0.5) is 15.8 Å². The summed E-state index contributed by atoms with van der Waals surface area (Å²) in [6.45, 7) is 4.77. The molecule has 1 unspecified atom stereocenters. The van der Waals surface area contributed by atoms with E-state index in [9.17, 15) is 19.1 Å². The van der Waals surface area contributed by atoms with Crippen LogP contribution in [0.2, 0.25) is 5.02 Å². The lowest BCUT2D eigenvalue weighted by Gasteiger charge is -2.34. The summed E-state index contributed by atoms with van der Waals surface area (Å²) in [4.78, 5) is 27.2. The van der Waals surface area contributed by atoms with Gasteiger partial charge in [0.15, 0.2) is 0 Å². The van der Waals surface area contributed by atoms with E-state index in [-0.39, 0.29) is 29.2 Å². The van der Waals surface area contributed by atoms with Gasteiger partial charge in [0.25, 0.3) is 0 Å². The fourth-order valence-corrected chi connectivity index (χ4v) is 3.70. The molecular formula is C22H25ClFN3O3. The van der Waals surface area contributed by atoms with Crippen LogP contribution in [-0.2, 0) is 9.59 Å². The van der Waals surface area contributed by atoms with Crippen LogP contribution in [0.25, 0.3) is 0 Å². The summed E-state index contributed by atoms with van der Waals surface area (Å²) >= 11 is 5.92. The van der Waals surface area contributed by atoms with Crippen LogP contribution in [0.15, 0.2) is 36.4 Å². The predicted molar refractivity (Wildman–Crippen MR) is 115 cm³/mol. The lowest BCUT2D eigenvalue weighted by Crippen LogP contribution is -2.47. The van der Waals surface area contributed by atoms with Gasteiger partial charge in [0.1, 0.15) is 11.6 Å². The molecule has 3 N–H and O–H groups in total. The molecule has 8 heteroatoms. The van der Waals surface area contributed by atoms with Crippen molar-refractivity contribution in [3.05, 3.63) is 52.8 Å². The maximum atomic E-state index is 13.5. The second kappa shape index (κ2) is 9.45. The molecule has 1 fully saturated rings. The van der Waals surface area contributed by atoms with Crippen molar-refractivity contribution in [3.8, 4) is 5.75 Å². The Bertz CT molecular complexity index is 945. The van der Waals surface area contributed by atoms with Gasteiger partial charge in [-0.2, -0.15) is 0 Å². The second-order valence-electron chi connectivity index (χ2n) is 7.59. The predicted octanol–water partition coefficient (Wildman–Crippen LogP) is 4.17. The smallest absolute Gasteiger partial charge is 0.241 e. The number of likely N-dealkylation sites (tertiary alicyclic amines) is 1. The average Bonchev–Trinajstić information content (AvgIpc) is 2.73. The zero-order chi connectivity index (χ0) is 21.8. The second-order valence-corrected chi connectivity index (χ2v) is 8.02. The van der Waals surface area contributed by atoms with Gasteiger partial charge in [-0.05, 0) is 75.7 Å². The number of amides is 2. The normalized spacial score (nSPS) is 16.1. The number of anilines is 2. The minimum atomic E-state index is -0.409.